The van der Waals surface area contributed by atoms with E-state index >= 15 is 0 Å². The van der Waals surface area contributed by atoms with Crippen molar-refractivity contribution in [2.24, 2.45) is 0 Å². The number of rotatable bonds is 6. The molecule has 0 aliphatic rings. The van der Waals surface area contributed by atoms with Crippen LogP contribution in [-0.2, 0) is 6.54 Å². The van der Waals surface area contributed by atoms with Gasteiger partial charge in [0.25, 0.3) is 5.69 Å². The Hall–Kier alpha value is -2.35. The molecule has 7 nitrogen and oxygen atoms in total. The van der Waals surface area contributed by atoms with E-state index in [1.165, 1.54) is 31.6 Å². The van der Waals surface area contributed by atoms with Crippen LogP contribution in [-0.4, -0.2) is 24.1 Å². The molecule has 0 saturated carbocycles. The Balaban J connectivity index is 2.32. The number of aryl methyl sites for hydroxylation is 1. The second kappa shape index (κ2) is 6.40. The van der Waals surface area contributed by atoms with Gasteiger partial charge in [-0.2, -0.15) is 0 Å². The number of nitrogens with one attached hydrogen (secondary N) is 1. The van der Waals surface area contributed by atoms with Gasteiger partial charge in [0.05, 0.1) is 43.0 Å². The molecule has 1 N–H and O–H groups in total. The van der Waals surface area contributed by atoms with Crippen LogP contribution in [0.5, 0.6) is 11.5 Å². The minimum Gasteiger partial charge on any atom is -0.493 e. The number of nitro benzene ring substituents is 1. The van der Waals surface area contributed by atoms with Crippen LogP contribution in [0.25, 0.3) is 0 Å². The number of methoxy groups -OCH3 is 2. The van der Waals surface area contributed by atoms with Crippen LogP contribution < -0.4 is 14.8 Å². The molecule has 21 heavy (non-hydrogen) atoms. The van der Waals surface area contributed by atoms with Crippen molar-refractivity contribution < 1.29 is 14.4 Å². The van der Waals surface area contributed by atoms with E-state index in [1.807, 2.05) is 6.92 Å². The number of nitro groups is 1. The molecule has 0 spiro atoms. The Morgan fingerprint density at radius 1 is 1.33 bits per heavy atom. The first kappa shape index (κ1) is 15.0. The normalized spacial score (nSPS) is 10.2. The van der Waals surface area contributed by atoms with Crippen LogP contribution in [0, 0.1) is 17.0 Å². The largest absolute Gasteiger partial charge is 0.493 e. The summed E-state index contributed by atoms with van der Waals surface area (Å²) in [6.45, 7) is 2.36. The van der Waals surface area contributed by atoms with Crippen molar-refractivity contribution in [1.82, 2.24) is 4.98 Å². The molecule has 1 aromatic heterocycles. The molecular weight excluding hydrogens is 294 g/mol. The summed E-state index contributed by atoms with van der Waals surface area (Å²) in [5.41, 5.74) is 2.98. The second-order valence-corrected chi connectivity index (χ2v) is 5.14. The van der Waals surface area contributed by atoms with Gasteiger partial charge in [0.1, 0.15) is 5.69 Å². The van der Waals surface area contributed by atoms with E-state index in [0.29, 0.717) is 23.7 Å². The number of hydrogen-bond acceptors (Lipinski definition) is 7. The predicted molar refractivity (Wildman–Crippen MR) is 80.4 cm³/mol. The molecule has 0 amide bonds. The van der Waals surface area contributed by atoms with Gasteiger partial charge in [-0.3, -0.25) is 10.1 Å². The van der Waals surface area contributed by atoms with Gasteiger partial charge >= 0.3 is 0 Å². The molecule has 0 aliphatic carbocycles. The molecule has 1 heterocycles. The molecular formula is C13H15N3O4S. The fourth-order valence-corrected chi connectivity index (χ4v) is 2.55. The summed E-state index contributed by atoms with van der Waals surface area (Å²) >= 11 is 1.50. The average Bonchev–Trinajstić information content (AvgIpc) is 2.89. The Labute approximate surface area is 125 Å². The molecule has 0 atom stereocenters. The van der Waals surface area contributed by atoms with Crippen LogP contribution in [0.3, 0.4) is 0 Å². The van der Waals surface area contributed by atoms with Crippen LogP contribution >= 0.6 is 11.3 Å². The van der Waals surface area contributed by atoms with Crippen molar-refractivity contribution in [3.8, 4) is 11.5 Å². The van der Waals surface area contributed by atoms with Crippen LogP contribution in [0.4, 0.5) is 11.4 Å². The van der Waals surface area contributed by atoms with Gasteiger partial charge in [0.2, 0.25) is 0 Å². The Morgan fingerprint density at radius 2 is 2.00 bits per heavy atom. The van der Waals surface area contributed by atoms with Crippen molar-refractivity contribution in [2.45, 2.75) is 13.5 Å². The SMILES string of the molecule is COc1cc(NCc2scnc2C)c([N+](=O)[O-])cc1OC. The average molecular weight is 309 g/mol. The van der Waals surface area contributed by atoms with Gasteiger partial charge in [-0.25, -0.2) is 4.98 Å². The molecule has 0 saturated heterocycles. The lowest BCUT2D eigenvalue weighted by Gasteiger charge is -2.11. The zero-order valence-corrected chi connectivity index (χ0v) is 12.7. The summed E-state index contributed by atoms with van der Waals surface area (Å²) in [5.74, 6) is 0.760. The molecule has 2 aromatic rings. The lowest BCUT2D eigenvalue weighted by molar-refractivity contribution is -0.384. The molecule has 112 valence electrons. The fraction of sp³-hybridized carbons (Fsp3) is 0.308. The van der Waals surface area contributed by atoms with E-state index in [4.69, 9.17) is 9.47 Å². The van der Waals surface area contributed by atoms with Crippen molar-refractivity contribution >= 4 is 22.7 Å². The molecule has 0 unspecified atom stereocenters. The molecule has 8 heteroatoms. The first-order valence-electron chi connectivity index (χ1n) is 6.10. The van der Waals surface area contributed by atoms with E-state index in [-0.39, 0.29) is 5.69 Å². The van der Waals surface area contributed by atoms with Gasteiger partial charge < -0.3 is 14.8 Å². The second-order valence-electron chi connectivity index (χ2n) is 4.20. The molecule has 2 rings (SSSR count). The van der Waals surface area contributed by atoms with Gasteiger partial charge in [-0.15, -0.1) is 11.3 Å². The number of benzene rings is 1. The smallest absolute Gasteiger partial charge is 0.296 e. The summed E-state index contributed by atoms with van der Waals surface area (Å²) in [5, 5.41) is 14.2. The summed E-state index contributed by atoms with van der Waals surface area (Å²) in [6, 6.07) is 2.91. The Morgan fingerprint density at radius 3 is 2.52 bits per heavy atom. The van der Waals surface area contributed by atoms with Gasteiger partial charge in [0.15, 0.2) is 11.5 Å². The maximum atomic E-state index is 11.2. The molecule has 0 aliphatic heterocycles. The van der Waals surface area contributed by atoms with Crippen LogP contribution in [0.2, 0.25) is 0 Å². The minimum atomic E-state index is -0.455. The van der Waals surface area contributed by atoms with E-state index in [2.05, 4.69) is 10.3 Å². The molecule has 0 radical (unpaired) electrons. The van der Waals surface area contributed by atoms with Gasteiger partial charge in [0, 0.05) is 10.9 Å². The van der Waals surface area contributed by atoms with E-state index in [1.54, 1.807) is 11.6 Å². The predicted octanol–water partition coefficient (Wildman–Crippen LogP) is 2.99. The number of ether oxygens (including phenoxy) is 2. The number of thiazole rings is 1. The highest BCUT2D eigenvalue weighted by atomic mass is 32.1. The zero-order chi connectivity index (χ0) is 15.4. The molecule has 0 fully saturated rings. The summed E-state index contributed by atoms with van der Waals surface area (Å²) in [4.78, 5) is 15.9. The quantitative estimate of drug-likeness (QED) is 0.652. The monoisotopic (exact) mass is 309 g/mol. The van der Waals surface area contributed by atoms with Crippen LogP contribution in [0.1, 0.15) is 10.6 Å². The highest BCUT2D eigenvalue weighted by Gasteiger charge is 2.19. The number of nitrogens with zero attached hydrogens (tertiary/aromatic N) is 2. The summed E-state index contributed by atoms with van der Waals surface area (Å²) < 4.78 is 10.3. The third kappa shape index (κ3) is 3.22. The van der Waals surface area contributed by atoms with E-state index in [0.717, 1.165) is 10.6 Å². The first-order valence-corrected chi connectivity index (χ1v) is 6.98. The van der Waals surface area contributed by atoms with Crippen molar-refractivity contribution in [1.29, 1.82) is 0 Å². The minimum absolute atomic E-state index is 0.0604. The fourth-order valence-electron chi connectivity index (χ4n) is 1.83. The molecule has 1 aromatic carbocycles. The van der Waals surface area contributed by atoms with Gasteiger partial charge in [-0.1, -0.05) is 0 Å². The number of aromatic nitrogens is 1. The maximum Gasteiger partial charge on any atom is 0.296 e. The van der Waals surface area contributed by atoms with E-state index in [9.17, 15) is 10.1 Å². The Bertz CT molecular complexity index is 657. The van der Waals surface area contributed by atoms with E-state index < -0.39 is 4.92 Å². The number of hydrogen-bond donors (Lipinski definition) is 1. The highest BCUT2D eigenvalue weighted by molar-refractivity contribution is 7.09. The lowest BCUT2D eigenvalue weighted by atomic mass is 10.2. The standard InChI is InChI=1S/C13H15N3O4S/c1-8-13(21-7-15-8)6-14-9-4-11(19-2)12(20-3)5-10(9)16(17)18/h4-5,7,14H,6H2,1-3H3. The highest BCUT2D eigenvalue weighted by Crippen LogP contribution is 2.37. The molecule has 0 bridgehead atoms. The maximum absolute atomic E-state index is 11.2. The lowest BCUT2D eigenvalue weighted by Crippen LogP contribution is -2.04. The third-order valence-electron chi connectivity index (χ3n) is 2.98. The topological polar surface area (TPSA) is 86.5 Å². The zero-order valence-electron chi connectivity index (χ0n) is 11.9. The summed E-state index contributed by atoms with van der Waals surface area (Å²) in [6.07, 6.45) is 0. The van der Waals surface area contributed by atoms with Crippen molar-refractivity contribution in [3.05, 3.63) is 38.3 Å². The number of anilines is 1. The van der Waals surface area contributed by atoms with Crippen molar-refractivity contribution in [2.75, 3.05) is 19.5 Å². The third-order valence-corrected chi connectivity index (χ3v) is 3.92. The first-order chi connectivity index (χ1) is 10.1. The summed E-state index contributed by atoms with van der Waals surface area (Å²) in [7, 11) is 2.93. The van der Waals surface area contributed by atoms with Crippen LogP contribution in [0.15, 0.2) is 17.6 Å². The van der Waals surface area contributed by atoms with Crippen molar-refractivity contribution in [3.63, 3.8) is 0 Å². The van der Waals surface area contributed by atoms with Gasteiger partial charge in [-0.05, 0) is 6.92 Å². The Kier molecular flexibility index (Phi) is 4.59.